The van der Waals surface area contributed by atoms with Crippen LogP contribution in [-0.2, 0) is 12.4 Å². The first-order valence-corrected chi connectivity index (χ1v) is 12.4. The van der Waals surface area contributed by atoms with E-state index in [1.165, 1.54) is 0 Å². The molecule has 0 spiro atoms. The molecule has 4 nitrogen and oxygen atoms in total. The number of nitrogens with zero attached hydrogens (tertiary/aromatic N) is 1. The predicted molar refractivity (Wildman–Crippen MR) is 131 cm³/mol. The lowest BCUT2D eigenvalue weighted by atomic mass is 9.95. The number of likely N-dealkylation sites (tertiary alicyclic amines) is 1. The Morgan fingerprint density at radius 3 is 2.22 bits per heavy atom. The van der Waals surface area contributed by atoms with Crippen molar-refractivity contribution in [3.63, 3.8) is 0 Å². The number of hydrogen-bond donors (Lipinski definition) is 2. The summed E-state index contributed by atoms with van der Waals surface area (Å²) in [7, 11) is 2.06. The largest absolute Gasteiger partial charge is 0.416 e. The molecule has 1 fully saturated rings. The van der Waals surface area contributed by atoms with E-state index in [0.29, 0.717) is 41.2 Å². The second-order valence-corrected chi connectivity index (χ2v) is 9.96. The van der Waals surface area contributed by atoms with Gasteiger partial charge in [0.15, 0.2) is 0 Å². The molecule has 1 aliphatic rings. The maximum atomic E-state index is 13.2. The molecule has 2 aromatic carbocycles. The highest BCUT2D eigenvalue weighted by atomic mass is 35.5. The van der Waals surface area contributed by atoms with Gasteiger partial charge in [0.05, 0.1) is 21.2 Å². The molecule has 12 heteroatoms. The third-order valence-corrected chi connectivity index (χ3v) is 7.23. The lowest BCUT2D eigenvalue weighted by Crippen LogP contribution is -2.36. The average Bonchev–Trinajstić information content (AvgIpc) is 3.23. The van der Waals surface area contributed by atoms with Crippen LogP contribution in [0.5, 0.6) is 0 Å². The van der Waals surface area contributed by atoms with Crippen LogP contribution in [0.3, 0.4) is 0 Å². The first-order chi connectivity index (χ1) is 17.3. The Hall–Kier alpha value is -2.01. The molecule has 0 bridgehead atoms. The fraction of sp³-hybridized carbons (Fsp3) is 0.480. The molecule has 2 N–H and O–H groups in total. The van der Waals surface area contributed by atoms with Crippen molar-refractivity contribution >= 4 is 29.1 Å². The Labute approximate surface area is 221 Å². The van der Waals surface area contributed by atoms with E-state index in [2.05, 4.69) is 22.6 Å². The number of likely N-dealkylation sites (N-methyl/N-ethyl adjacent to an activating group) is 1. The summed E-state index contributed by atoms with van der Waals surface area (Å²) in [6.07, 6.45) is -7.33. The molecule has 0 saturated carbocycles. The zero-order valence-corrected chi connectivity index (χ0v) is 21.5. The van der Waals surface area contributed by atoms with E-state index < -0.39 is 35.0 Å². The average molecular weight is 570 g/mol. The number of halogens is 8. The lowest BCUT2D eigenvalue weighted by molar-refractivity contribution is -0.143. The van der Waals surface area contributed by atoms with Gasteiger partial charge in [0.25, 0.3) is 5.91 Å². The molecular weight excluding hydrogens is 543 g/mol. The molecular formula is C25H27Cl2F6N3O. The summed E-state index contributed by atoms with van der Waals surface area (Å²) in [6, 6.07) is 6.20. The normalized spacial score (nSPS) is 17.7. The van der Waals surface area contributed by atoms with Gasteiger partial charge >= 0.3 is 12.4 Å². The maximum Gasteiger partial charge on any atom is 0.416 e. The molecule has 1 saturated heterocycles. The van der Waals surface area contributed by atoms with Gasteiger partial charge in [0, 0.05) is 30.6 Å². The van der Waals surface area contributed by atoms with E-state index in [-0.39, 0.29) is 18.5 Å². The molecule has 2 aromatic rings. The fourth-order valence-electron chi connectivity index (χ4n) is 4.34. The zero-order chi connectivity index (χ0) is 27.4. The maximum absolute atomic E-state index is 13.2. The van der Waals surface area contributed by atoms with Crippen molar-refractivity contribution in [3.8, 4) is 0 Å². The number of amides is 1. The van der Waals surface area contributed by atoms with Gasteiger partial charge in [-0.2, -0.15) is 26.3 Å². The number of hydrogen-bond acceptors (Lipinski definition) is 3. The molecule has 0 aliphatic carbocycles. The fourth-order valence-corrected chi connectivity index (χ4v) is 4.65. The van der Waals surface area contributed by atoms with Crippen LogP contribution in [0.1, 0.15) is 52.2 Å². The number of carbonyl (C=O) groups is 1. The van der Waals surface area contributed by atoms with Gasteiger partial charge in [-0.3, -0.25) is 4.79 Å². The minimum absolute atomic E-state index is 0.0112. The van der Waals surface area contributed by atoms with E-state index in [4.69, 9.17) is 23.2 Å². The Morgan fingerprint density at radius 2 is 1.68 bits per heavy atom. The Morgan fingerprint density at radius 1 is 1.03 bits per heavy atom. The van der Waals surface area contributed by atoms with Gasteiger partial charge in [0.2, 0.25) is 0 Å². The van der Waals surface area contributed by atoms with Crippen LogP contribution in [0.15, 0.2) is 36.4 Å². The number of nitrogens with one attached hydrogen (secondary N) is 2. The van der Waals surface area contributed by atoms with Crippen molar-refractivity contribution in [3.05, 3.63) is 68.7 Å². The van der Waals surface area contributed by atoms with Gasteiger partial charge in [-0.15, -0.1) is 0 Å². The van der Waals surface area contributed by atoms with E-state index in [9.17, 15) is 31.1 Å². The van der Waals surface area contributed by atoms with Crippen LogP contribution in [-0.4, -0.2) is 50.1 Å². The molecule has 1 aliphatic heterocycles. The highest BCUT2D eigenvalue weighted by Gasteiger charge is 2.37. The molecule has 2 atom stereocenters. The summed E-state index contributed by atoms with van der Waals surface area (Å²) >= 11 is 12.2. The van der Waals surface area contributed by atoms with Crippen LogP contribution < -0.4 is 10.6 Å². The Kier molecular flexibility index (Phi) is 9.77. The SMILES string of the molecule is CN1CCCC1CNCCC(CNC(=O)c1cc(C(F)(F)F)cc(C(F)(F)F)c1)c1ccc(Cl)c(Cl)c1. The highest BCUT2D eigenvalue weighted by Crippen LogP contribution is 2.36. The number of carbonyl (C=O) groups excluding carboxylic acids is 1. The van der Waals surface area contributed by atoms with E-state index in [1.807, 2.05) is 0 Å². The van der Waals surface area contributed by atoms with Gasteiger partial charge < -0.3 is 15.5 Å². The minimum atomic E-state index is -5.04. The van der Waals surface area contributed by atoms with Gasteiger partial charge in [0.1, 0.15) is 0 Å². The summed E-state index contributed by atoms with van der Waals surface area (Å²) in [5, 5.41) is 6.51. The summed E-state index contributed by atoms with van der Waals surface area (Å²) in [4.78, 5) is 15.0. The topological polar surface area (TPSA) is 44.4 Å². The van der Waals surface area contributed by atoms with Gasteiger partial charge in [-0.05, 0) is 75.3 Å². The second kappa shape index (κ2) is 12.2. The zero-order valence-electron chi connectivity index (χ0n) is 19.9. The van der Waals surface area contributed by atoms with Crippen molar-refractivity contribution in [2.24, 2.45) is 0 Å². The predicted octanol–water partition coefficient (Wildman–Crippen LogP) is 6.62. The first-order valence-electron chi connectivity index (χ1n) is 11.7. The smallest absolute Gasteiger partial charge is 0.351 e. The molecule has 1 heterocycles. The van der Waals surface area contributed by atoms with Crippen molar-refractivity contribution in [2.45, 2.75) is 43.6 Å². The van der Waals surface area contributed by atoms with E-state index in [0.717, 1.165) is 31.5 Å². The summed E-state index contributed by atoms with van der Waals surface area (Å²) < 4.78 is 79.1. The van der Waals surface area contributed by atoms with Crippen molar-refractivity contribution in [2.75, 3.05) is 33.2 Å². The molecule has 2 unspecified atom stereocenters. The van der Waals surface area contributed by atoms with Crippen LogP contribution in [0, 0.1) is 0 Å². The second-order valence-electron chi connectivity index (χ2n) is 9.14. The summed E-state index contributed by atoms with van der Waals surface area (Å²) in [6.45, 7) is 2.36. The quantitative estimate of drug-likeness (QED) is 0.263. The minimum Gasteiger partial charge on any atom is -0.351 e. The monoisotopic (exact) mass is 569 g/mol. The number of benzene rings is 2. The lowest BCUT2D eigenvalue weighted by Gasteiger charge is -2.22. The third kappa shape index (κ3) is 8.24. The molecule has 204 valence electrons. The summed E-state index contributed by atoms with van der Waals surface area (Å²) in [5.41, 5.74) is -3.09. The molecule has 0 aromatic heterocycles. The van der Waals surface area contributed by atoms with Crippen LogP contribution in [0.2, 0.25) is 10.0 Å². The van der Waals surface area contributed by atoms with Crippen LogP contribution >= 0.6 is 23.2 Å². The molecule has 0 radical (unpaired) electrons. The van der Waals surface area contributed by atoms with Crippen LogP contribution in [0.4, 0.5) is 26.3 Å². The molecule has 3 rings (SSSR count). The van der Waals surface area contributed by atoms with Gasteiger partial charge in [-0.1, -0.05) is 29.3 Å². The van der Waals surface area contributed by atoms with Crippen LogP contribution in [0.25, 0.3) is 0 Å². The molecule has 37 heavy (non-hydrogen) atoms. The van der Waals surface area contributed by atoms with E-state index >= 15 is 0 Å². The van der Waals surface area contributed by atoms with Gasteiger partial charge in [-0.25, -0.2) is 0 Å². The van der Waals surface area contributed by atoms with Crippen molar-refractivity contribution in [1.82, 2.24) is 15.5 Å². The Bertz CT molecular complexity index is 1060. The van der Waals surface area contributed by atoms with E-state index in [1.54, 1.807) is 18.2 Å². The standard InChI is InChI=1S/C25H27Cl2F6N3O/c1-36-8-2-3-20(36)14-34-7-6-16(15-4-5-21(26)22(27)11-15)13-35-23(37)17-9-18(24(28,29)30)12-19(10-17)25(31,32)33/h4-5,9-12,16,20,34H,2-3,6-8,13-14H2,1H3,(H,35,37). The highest BCUT2D eigenvalue weighted by molar-refractivity contribution is 6.42. The van der Waals surface area contributed by atoms with Crippen molar-refractivity contribution < 1.29 is 31.1 Å². The Balaban J connectivity index is 1.73. The number of rotatable bonds is 9. The third-order valence-electron chi connectivity index (χ3n) is 6.49. The molecule has 1 amide bonds. The first kappa shape index (κ1) is 29.5. The number of alkyl halides is 6. The summed E-state index contributed by atoms with van der Waals surface area (Å²) in [5.74, 6) is -1.36. The van der Waals surface area contributed by atoms with Crippen molar-refractivity contribution in [1.29, 1.82) is 0 Å².